The van der Waals surface area contributed by atoms with Crippen molar-refractivity contribution in [2.24, 2.45) is 0 Å². The van der Waals surface area contributed by atoms with Gasteiger partial charge in [0.05, 0.1) is 5.56 Å². The summed E-state index contributed by atoms with van der Waals surface area (Å²) in [5.41, 5.74) is 0.00984. The molecule has 0 atom stereocenters. The Bertz CT molecular complexity index is 641. The molecule has 0 aromatic heterocycles. The lowest BCUT2D eigenvalue weighted by atomic mass is 10.0. The quantitative estimate of drug-likeness (QED) is 0.751. The molecule has 0 spiro atoms. The third-order valence-corrected chi connectivity index (χ3v) is 3.06. The van der Waals surface area contributed by atoms with Crippen LogP contribution in [0.15, 0.2) is 36.4 Å². The normalized spacial score (nSPS) is 10.5. The summed E-state index contributed by atoms with van der Waals surface area (Å²) in [5.74, 6) is -1.80. The largest absolute Gasteiger partial charge is 0.294 e. The van der Waals surface area contributed by atoms with Gasteiger partial charge in [0.2, 0.25) is 0 Å². The lowest BCUT2D eigenvalue weighted by molar-refractivity contribution is 0.0988. The monoisotopic (exact) mass is 300 g/mol. The van der Waals surface area contributed by atoms with Crippen molar-refractivity contribution < 1.29 is 13.6 Å². The van der Waals surface area contributed by atoms with Crippen LogP contribution >= 0.6 is 23.2 Å². The SMILES string of the molecule is O=C(Cc1cc(Cl)ccc1F)c1ccc(Cl)cc1F. The van der Waals surface area contributed by atoms with Gasteiger partial charge in [-0.25, -0.2) is 8.78 Å². The second kappa shape index (κ2) is 5.68. The van der Waals surface area contributed by atoms with E-state index in [-0.39, 0.29) is 22.6 Å². The van der Waals surface area contributed by atoms with Crippen LogP contribution in [0.25, 0.3) is 0 Å². The van der Waals surface area contributed by atoms with Gasteiger partial charge in [-0.2, -0.15) is 0 Å². The Morgan fingerprint density at radius 2 is 1.58 bits per heavy atom. The van der Waals surface area contributed by atoms with Gasteiger partial charge >= 0.3 is 0 Å². The molecule has 0 aliphatic heterocycles. The Morgan fingerprint density at radius 1 is 0.947 bits per heavy atom. The van der Waals surface area contributed by atoms with Crippen LogP contribution in [0, 0.1) is 11.6 Å². The predicted molar refractivity (Wildman–Crippen MR) is 70.9 cm³/mol. The zero-order valence-corrected chi connectivity index (χ0v) is 11.1. The third-order valence-electron chi connectivity index (χ3n) is 2.59. The third kappa shape index (κ3) is 3.31. The van der Waals surface area contributed by atoms with Gasteiger partial charge in [0, 0.05) is 16.5 Å². The first-order valence-electron chi connectivity index (χ1n) is 5.39. The van der Waals surface area contributed by atoms with E-state index in [1.807, 2.05) is 0 Å². The molecular formula is C14H8Cl2F2O. The van der Waals surface area contributed by atoms with E-state index in [2.05, 4.69) is 0 Å². The van der Waals surface area contributed by atoms with Crippen LogP contribution in [0.5, 0.6) is 0 Å². The lowest BCUT2D eigenvalue weighted by Gasteiger charge is -2.05. The summed E-state index contributed by atoms with van der Waals surface area (Å²) in [6.45, 7) is 0. The van der Waals surface area contributed by atoms with Gasteiger partial charge in [-0.1, -0.05) is 23.2 Å². The number of benzene rings is 2. The van der Waals surface area contributed by atoms with Crippen molar-refractivity contribution in [3.8, 4) is 0 Å². The van der Waals surface area contributed by atoms with Crippen LogP contribution < -0.4 is 0 Å². The van der Waals surface area contributed by atoms with E-state index in [1.165, 1.54) is 30.3 Å². The molecule has 0 fully saturated rings. The Morgan fingerprint density at radius 3 is 2.26 bits per heavy atom. The predicted octanol–water partition coefficient (Wildman–Crippen LogP) is 4.70. The number of ketones is 1. The van der Waals surface area contributed by atoms with Crippen LogP contribution in [0.4, 0.5) is 8.78 Å². The maximum absolute atomic E-state index is 13.6. The topological polar surface area (TPSA) is 17.1 Å². The van der Waals surface area contributed by atoms with Gasteiger partial charge in [-0.05, 0) is 42.0 Å². The smallest absolute Gasteiger partial charge is 0.170 e. The zero-order valence-electron chi connectivity index (χ0n) is 9.59. The van der Waals surface area contributed by atoms with Crippen molar-refractivity contribution in [1.29, 1.82) is 0 Å². The van der Waals surface area contributed by atoms with E-state index >= 15 is 0 Å². The average molecular weight is 301 g/mol. The van der Waals surface area contributed by atoms with Crippen LogP contribution in [0.1, 0.15) is 15.9 Å². The molecule has 0 aliphatic rings. The number of rotatable bonds is 3. The highest BCUT2D eigenvalue weighted by Crippen LogP contribution is 2.19. The number of Topliss-reactive ketones (excluding diaryl/α,β-unsaturated/α-hetero) is 1. The molecule has 5 heteroatoms. The van der Waals surface area contributed by atoms with Gasteiger partial charge in [-0.3, -0.25) is 4.79 Å². The molecule has 0 saturated carbocycles. The standard InChI is InChI=1S/C14H8Cl2F2O/c15-9-2-4-12(17)8(5-9)6-14(19)11-3-1-10(16)7-13(11)18/h1-5,7H,6H2. The summed E-state index contributed by atoms with van der Waals surface area (Å²) < 4.78 is 27.0. The van der Waals surface area contributed by atoms with Crippen molar-refractivity contribution in [1.82, 2.24) is 0 Å². The van der Waals surface area contributed by atoms with E-state index in [1.54, 1.807) is 0 Å². The molecule has 2 aromatic rings. The summed E-state index contributed by atoms with van der Waals surface area (Å²) in [4.78, 5) is 11.9. The molecule has 98 valence electrons. The molecule has 0 aliphatic carbocycles. The summed E-state index contributed by atoms with van der Waals surface area (Å²) in [5, 5.41) is 0.517. The number of hydrogen-bond donors (Lipinski definition) is 0. The van der Waals surface area contributed by atoms with Crippen molar-refractivity contribution in [2.45, 2.75) is 6.42 Å². The summed E-state index contributed by atoms with van der Waals surface area (Å²) in [6, 6.07) is 7.64. The molecule has 2 aromatic carbocycles. The van der Waals surface area contributed by atoms with Crippen molar-refractivity contribution in [2.75, 3.05) is 0 Å². The van der Waals surface area contributed by atoms with Crippen LogP contribution in [-0.2, 0) is 6.42 Å². The highest BCUT2D eigenvalue weighted by Gasteiger charge is 2.15. The summed E-state index contributed by atoms with van der Waals surface area (Å²) in [6.07, 6.45) is -0.259. The van der Waals surface area contributed by atoms with Gasteiger partial charge in [-0.15, -0.1) is 0 Å². The van der Waals surface area contributed by atoms with Gasteiger partial charge in [0.25, 0.3) is 0 Å². The molecule has 0 unspecified atom stereocenters. The van der Waals surface area contributed by atoms with E-state index in [0.717, 1.165) is 6.07 Å². The van der Waals surface area contributed by atoms with Gasteiger partial charge in [0.15, 0.2) is 5.78 Å². The molecule has 19 heavy (non-hydrogen) atoms. The van der Waals surface area contributed by atoms with Crippen molar-refractivity contribution in [3.05, 3.63) is 69.2 Å². The molecule has 0 saturated heterocycles. The zero-order chi connectivity index (χ0) is 14.0. The second-order valence-electron chi connectivity index (χ2n) is 3.96. The van der Waals surface area contributed by atoms with E-state index < -0.39 is 17.4 Å². The summed E-state index contributed by atoms with van der Waals surface area (Å²) >= 11 is 11.3. The minimum Gasteiger partial charge on any atom is -0.294 e. The van der Waals surface area contributed by atoms with E-state index in [9.17, 15) is 13.6 Å². The molecular weight excluding hydrogens is 293 g/mol. The maximum atomic E-state index is 13.6. The van der Waals surface area contributed by atoms with Crippen LogP contribution in [0.3, 0.4) is 0 Å². The number of carbonyl (C=O) groups is 1. The Balaban J connectivity index is 2.28. The fourth-order valence-corrected chi connectivity index (χ4v) is 2.02. The Labute approximate surface area is 118 Å². The van der Waals surface area contributed by atoms with Crippen molar-refractivity contribution >= 4 is 29.0 Å². The first-order valence-corrected chi connectivity index (χ1v) is 6.15. The molecule has 2 rings (SSSR count). The van der Waals surface area contributed by atoms with Gasteiger partial charge in [0.1, 0.15) is 11.6 Å². The van der Waals surface area contributed by atoms with Crippen LogP contribution in [0.2, 0.25) is 10.0 Å². The first-order chi connectivity index (χ1) is 8.97. The number of hydrogen-bond acceptors (Lipinski definition) is 1. The maximum Gasteiger partial charge on any atom is 0.170 e. The Kier molecular flexibility index (Phi) is 4.17. The molecule has 0 heterocycles. The fourth-order valence-electron chi connectivity index (χ4n) is 1.66. The molecule has 1 nitrogen and oxygen atoms in total. The number of carbonyl (C=O) groups excluding carboxylic acids is 1. The average Bonchev–Trinajstić information content (AvgIpc) is 2.33. The summed E-state index contributed by atoms with van der Waals surface area (Å²) in [7, 11) is 0. The first kappa shape index (κ1) is 14.0. The van der Waals surface area contributed by atoms with Crippen molar-refractivity contribution in [3.63, 3.8) is 0 Å². The van der Waals surface area contributed by atoms with Gasteiger partial charge < -0.3 is 0 Å². The minimum absolute atomic E-state index is 0.122. The van der Waals surface area contributed by atoms with E-state index in [0.29, 0.717) is 5.02 Å². The number of halogens is 4. The molecule has 0 N–H and O–H groups in total. The molecule has 0 radical (unpaired) electrons. The Hall–Kier alpha value is -1.45. The van der Waals surface area contributed by atoms with Crippen LogP contribution in [-0.4, -0.2) is 5.78 Å². The lowest BCUT2D eigenvalue weighted by Crippen LogP contribution is -2.07. The minimum atomic E-state index is -0.722. The second-order valence-corrected chi connectivity index (χ2v) is 4.83. The molecule has 0 bridgehead atoms. The van der Waals surface area contributed by atoms with E-state index in [4.69, 9.17) is 23.2 Å². The fraction of sp³-hybridized carbons (Fsp3) is 0.0714. The highest BCUT2D eigenvalue weighted by atomic mass is 35.5. The molecule has 0 amide bonds. The highest BCUT2D eigenvalue weighted by molar-refractivity contribution is 6.31.